The second-order valence-corrected chi connectivity index (χ2v) is 5.04. The molecular formula is C14H16ClNO5. The van der Waals surface area contributed by atoms with E-state index in [1.165, 1.54) is 12.0 Å². The van der Waals surface area contributed by atoms with Crippen LogP contribution in [0.5, 0.6) is 5.75 Å². The molecule has 0 spiro atoms. The number of amides is 1. The Bertz CT molecular complexity index is 548. The van der Waals surface area contributed by atoms with Crippen LogP contribution < -0.4 is 4.74 Å². The van der Waals surface area contributed by atoms with Gasteiger partial charge in [0.2, 0.25) is 5.91 Å². The van der Waals surface area contributed by atoms with E-state index in [-0.39, 0.29) is 25.5 Å². The molecule has 1 atom stereocenters. The van der Waals surface area contributed by atoms with E-state index in [0.717, 1.165) is 0 Å². The number of hydrogen-bond acceptors (Lipinski definition) is 4. The van der Waals surface area contributed by atoms with Crippen LogP contribution in [-0.4, -0.2) is 54.8 Å². The largest absolute Gasteiger partial charge is 0.496 e. The summed E-state index contributed by atoms with van der Waals surface area (Å²) in [6, 6.07) is 5.16. The van der Waals surface area contributed by atoms with Gasteiger partial charge in [0.05, 0.1) is 26.7 Å². The topological polar surface area (TPSA) is 76.1 Å². The summed E-state index contributed by atoms with van der Waals surface area (Å²) >= 11 is 6.10. The van der Waals surface area contributed by atoms with Crippen LogP contribution >= 0.6 is 11.6 Å². The first-order chi connectivity index (χ1) is 10.0. The Morgan fingerprint density at radius 1 is 1.52 bits per heavy atom. The van der Waals surface area contributed by atoms with Gasteiger partial charge in [-0.2, -0.15) is 0 Å². The second kappa shape index (κ2) is 6.78. The van der Waals surface area contributed by atoms with Crippen molar-refractivity contribution in [2.75, 3.05) is 26.8 Å². The van der Waals surface area contributed by atoms with Crippen molar-refractivity contribution in [2.45, 2.75) is 12.5 Å². The highest BCUT2D eigenvalue weighted by molar-refractivity contribution is 6.31. The average Bonchev–Trinajstić information content (AvgIpc) is 2.49. The molecule has 1 fully saturated rings. The van der Waals surface area contributed by atoms with E-state index in [1.54, 1.807) is 18.2 Å². The number of carboxylic acid groups (broad SMARTS) is 1. The quantitative estimate of drug-likeness (QED) is 0.904. The first-order valence-electron chi connectivity index (χ1n) is 6.46. The average molecular weight is 314 g/mol. The number of halogens is 1. The fraction of sp³-hybridized carbons (Fsp3) is 0.429. The number of nitrogens with zero attached hydrogens (tertiary/aromatic N) is 1. The molecule has 0 aliphatic carbocycles. The van der Waals surface area contributed by atoms with Gasteiger partial charge >= 0.3 is 5.97 Å². The number of ether oxygens (including phenoxy) is 2. The number of methoxy groups -OCH3 is 1. The van der Waals surface area contributed by atoms with Gasteiger partial charge in [-0.3, -0.25) is 4.79 Å². The van der Waals surface area contributed by atoms with Gasteiger partial charge in [-0.15, -0.1) is 0 Å². The maximum atomic E-state index is 12.3. The van der Waals surface area contributed by atoms with E-state index in [2.05, 4.69) is 0 Å². The number of hydrogen-bond donors (Lipinski definition) is 1. The zero-order valence-corrected chi connectivity index (χ0v) is 12.3. The van der Waals surface area contributed by atoms with Gasteiger partial charge in [0.25, 0.3) is 0 Å². The highest BCUT2D eigenvalue weighted by Gasteiger charge is 2.29. The molecule has 1 aliphatic heterocycles. The maximum absolute atomic E-state index is 12.3. The predicted molar refractivity (Wildman–Crippen MR) is 75.7 cm³/mol. The molecule has 21 heavy (non-hydrogen) atoms. The monoisotopic (exact) mass is 313 g/mol. The van der Waals surface area contributed by atoms with Crippen molar-refractivity contribution in [3.63, 3.8) is 0 Å². The van der Waals surface area contributed by atoms with E-state index >= 15 is 0 Å². The lowest BCUT2D eigenvalue weighted by Gasteiger charge is -2.31. The van der Waals surface area contributed by atoms with Crippen molar-refractivity contribution >= 4 is 23.5 Å². The van der Waals surface area contributed by atoms with Crippen LogP contribution in [-0.2, 0) is 20.7 Å². The Hall–Kier alpha value is -1.79. The summed E-state index contributed by atoms with van der Waals surface area (Å²) in [5.74, 6) is -0.724. The Morgan fingerprint density at radius 3 is 2.95 bits per heavy atom. The molecule has 114 valence electrons. The molecule has 1 amide bonds. The summed E-state index contributed by atoms with van der Waals surface area (Å²) in [6.45, 7) is 0.624. The van der Waals surface area contributed by atoms with Crippen LogP contribution in [0, 0.1) is 0 Å². The normalized spacial score (nSPS) is 18.4. The summed E-state index contributed by atoms with van der Waals surface area (Å²) in [5, 5.41) is 9.40. The van der Waals surface area contributed by atoms with Crippen LogP contribution in [0.25, 0.3) is 0 Å². The maximum Gasteiger partial charge on any atom is 0.334 e. The van der Waals surface area contributed by atoms with Crippen LogP contribution in [0.1, 0.15) is 5.56 Å². The third kappa shape index (κ3) is 3.65. The molecule has 1 N–H and O–H groups in total. The van der Waals surface area contributed by atoms with E-state index in [1.807, 2.05) is 0 Å². The minimum atomic E-state index is -1.07. The first-order valence-corrected chi connectivity index (χ1v) is 6.84. The van der Waals surface area contributed by atoms with Crippen molar-refractivity contribution in [1.29, 1.82) is 0 Å². The van der Waals surface area contributed by atoms with E-state index < -0.39 is 12.1 Å². The fourth-order valence-corrected chi connectivity index (χ4v) is 2.42. The fourth-order valence-electron chi connectivity index (χ4n) is 2.19. The minimum Gasteiger partial charge on any atom is -0.496 e. The van der Waals surface area contributed by atoms with Gasteiger partial charge in [-0.1, -0.05) is 17.7 Å². The SMILES string of the molecule is COc1cccc(Cl)c1CC(=O)N1CCOC(C(=O)O)C1. The van der Waals surface area contributed by atoms with Crippen molar-refractivity contribution in [3.8, 4) is 5.75 Å². The van der Waals surface area contributed by atoms with Gasteiger partial charge in [-0.05, 0) is 12.1 Å². The Kier molecular flexibility index (Phi) is 5.03. The Morgan fingerprint density at radius 2 is 2.29 bits per heavy atom. The molecule has 2 rings (SSSR count). The molecule has 1 saturated heterocycles. The van der Waals surface area contributed by atoms with Crippen LogP contribution in [0.15, 0.2) is 18.2 Å². The highest BCUT2D eigenvalue weighted by Crippen LogP contribution is 2.27. The smallest absolute Gasteiger partial charge is 0.334 e. The number of morpholine rings is 1. The molecule has 1 unspecified atom stereocenters. The summed E-state index contributed by atoms with van der Waals surface area (Å²) < 4.78 is 10.3. The number of carbonyl (C=O) groups is 2. The zero-order valence-electron chi connectivity index (χ0n) is 11.5. The molecule has 0 aromatic heterocycles. The molecular weight excluding hydrogens is 298 g/mol. The van der Waals surface area contributed by atoms with Crippen LogP contribution in [0.3, 0.4) is 0 Å². The molecule has 0 radical (unpaired) electrons. The minimum absolute atomic E-state index is 0.0426. The van der Waals surface area contributed by atoms with Crippen LogP contribution in [0.2, 0.25) is 5.02 Å². The molecule has 1 aromatic carbocycles. The molecule has 7 heteroatoms. The molecule has 1 aromatic rings. The molecule has 6 nitrogen and oxygen atoms in total. The summed E-state index contributed by atoms with van der Waals surface area (Å²) in [4.78, 5) is 24.7. The molecule has 0 saturated carbocycles. The highest BCUT2D eigenvalue weighted by atomic mass is 35.5. The lowest BCUT2D eigenvalue weighted by Crippen LogP contribution is -2.49. The van der Waals surface area contributed by atoms with Gasteiger partial charge in [-0.25, -0.2) is 4.79 Å². The lowest BCUT2D eigenvalue weighted by atomic mass is 10.1. The van der Waals surface area contributed by atoms with Gasteiger partial charge in [0, 0.05) is 17.1 Å². The lowest BCUT2D eigenvalue weighted by molar-refractivity contribution is -0.159. The number of carboxylic acids is 1. The van der Waals surface area contributed by atoms with Crippen molar-refractivity contribution in [1.82, 2.24) is 4.90 Å². The summed E-state index contributed by atoms with van der Waals surface area (Å²) in [7, 11) is 1.51. The van der Waals surface area contributed by atoms with Crippen molar-refractivity contribution < 1.29 is 24.2 Å². The van der Waals surface area contributed by atoms with Gasteiger partial charge < -0.3 is 19.5 Å². The predicted octanol–water partition coefficient (Wildman–Crippen LogP) is 1.20. The third-order valence-corrected chi connectivity index (χ3v) is 3.67. The van der Waals surface area contributed by atoms with Crippen molar-refractivity contribution in [2.24, 2.45) is 0 Å². The Labute approximate surface area is 127 Å². The van der Waals surface area contributed by atoms with Gasteiger partial charge in [0.15, 0.2) is 6.10 Å². The third-order valence-electron chi connectivity index (χ3n) is 3.32. The summed E-state index contributed by atoms with van der Waals surface area (Å²) in [5.41, 5.74) is 0.602. The molecule has 1 heterocycles. The Balaban J connectivity index is 2.09. The molecule has 0 bridgehead atoms. The second-order valence-electron chi connectivity index (χ2n) is 4.63. The summed E-state index contributed by atoms with van der Waals surface area (Å²) in [6.07, 6.45) is -0.911. The van der Waals surface area contributed by atoms with Gasteiger partial charge in [0.1, 0.15) is 5.75 Å². The van der Waals surface area contributed by atoms with E-state index in [4.69, 9.17) is 26.2 Å². The van der Waals surface area contributed by atoms with E-state index in [0.29, 0.717) is 22.9 Å². The number of benzene rings is 1. The number of carbonyl (C=O) groups excluding carboxylic acids is 1. The number of rotatable bonds is 4. The molecule has 1 aliphatic rings. The first kappa shape index (κ1) is 15.6. The van der Waals surface area contributed by atoms with Crippen molar-refractivity contribution in [3.05, 3.63) is 28.8 Å². The standard InChI is InChI=1S/C14H16ClNO5/c1-20-11-4-2-3-10(15)9(11)7-13(17)16-5-6-21-12(8-16)14(18)19/h2-4,12H,5-8H2,1H3,(H,18,19). The number of aliphatic carboxylic acids is 1. The van der Waals surface area contributed by atoms with E-state index in [9.17, 15) is 9.59 Å². The zero-order chi connectivity index (χ0) is 15.4. The van der Waals surface area contributed by atoms with Crippen LogP contribution in [0.4, 0.5) is 0 Å².